The number of carbonyl (C=O) groups excluding carboxylic acids is 9. The van der Waals surface area contributed by atoms with Crippen LogP contribution in [0.25, 0.3) is 12.2 Å². The fourth-order valence-corrected chi connectivity index (χ4v) is 5.88. The number of hydrogen-bond acceptors (Lipinski definition) is 13. The summed E-state index contributed by atoms with van der Waals surface area (Å²) in [4.78, 5) is 97.2. The van der Waals surface area contributed by atoms with Crippen LogP contribution in [-0.4, -0.2) is 80.5 Å². The molecular weight excluding hydrogens is 977 g/mol. The van der Waals surface area contributed by atoms with Crippen LogP contribution in [0.3, 0.4) is 0 Å². The molecule has 6 aromatic carbocycles. The molecule has 0 fully saturated rings. The zero-order valence-electron chi connectivity index (χ0n) is 44.4. The largest absolute Gasteiger partial charge is 0.497 e. The molecular formula is C64H78O13. The molecule has 0 N–H and O–H groups in total. The summed E-state index contributed by atoms with van der Waals surface area (Å²) in [5, 5.41) is 0. The maximum Gasteiger partial charge on any atom is 0.160 e. The van der Waals surface area contributed by atoms with Gasteiger partial charge in [0.25, 0.3) is 0 Å². The lowest BCUT2D eigenvalue weighted by Gasteiger charge is -2.04. The Morgan fingerprint density at radius 1 is 0.312 bits per heavy atom. The Balaban J connectivity index is -0.000000868. The molecule has 77 heavy (non-hydrogen) atoms. The smallest absolute Gasteiger partial charge is 0.160 e. The van der Waals surface area contributed by atoms with Gasteiger partial charge >= 0.3 is 0 Å². The van der Waals surface area contributed by atoms with E-state index < -0.39 is 0 Å². The standard InChI is InChI=1S/C17H16O2.C12H12O3.C10H10O2.C9H10O2.C8H10O2.C5H8O2.3CH4/c1-13(18)16-9-5-14(6-10-16)3-4-15-7-11-17(19-2)12-8-15;1-7(13)10-4-11(8(2)14)6-12(5-10)9(3)15;1-7(11)9-3-5-10(6-4-9)8(2)12;1-7(10)8-3-5-9(11-2)6-4-8;1-9-7-5-3-4-6-8(7)10-2;1-4(6)3-5(2)7;;;/h3-12H,1-2H3;4-6H,1-3H3;3-6H,1-2H3;3-6H,1-2H3;3-6H,1-2H3;3H2,1-2H3;3*1H4. The molecule has 0 aliphatic carbocycles. The van der Waals surface area contributed by atoms with Crippen molar-refractivity contribution in [1.82, 2.24) is 0 Å². The summed E-state index contributed by atoms with van der Waals surface area (Å²) >= 11 is 0. The fraction of sp³-hybridized carbons (Fsp3) is 0.266. The van der Waals surface area contributed by atoms with E-state index in [1.54, 1.807) is 90.8 Å². The number of hydrogen-bond donors (Lipinski definition) is 0. The molecule has 0 spiro atoms. The van der Waals surface area contributed by atoms with Gasteiger partial charge in [0.2, 0.25) is 0 Å². The first-order valence-corrected chi connectivity index (χ1v) is 23.0. The van der Waals surface area contributed by atoms with Gasteiger partial charge in [-0.2, -0.15) is 0 Å². The van der Waals surface area contributed by atoms with Crippen LogP contribution in [0.1, 0.15) is 175 Å². The van der Waals surface area contributed by atoms with Gasteiger partial charge in [-0.05, 0) is 140 Å². The van der Waals surface area contributed by atoms with E-state index in [2.05, 4.69) is 0 Å². The van der Waals surface area contributed by atoms with Gasteiger partial charge in [0, 0.05) is 38.9 Å². The van der Waals surface area contributed by atoms with Crippen molar-refractivity contribution in [2.45, 2.75) is 91.0 Å². The molecule has 6 aromatic rings. The van der Waals surface area contributed by atoms with Crippen LogP contribution in [0.5, 0.6) is 23.0 Å². The van der Waals surface area contributed by atoms with E-state index >= 15 is 0 Å². The van der Waals surface area contributed by atoms with Gasteiger partial charge in [0.15, 0.2) is 52.0 Å². The number of para-hydroxylation sites is 2. The third-order valence-corrected chi connectivity index (χ3v) is 10.0. The van der Waals surface area contributed by atoms with Crippen LogP contribution in [0.15, 0.2) is 140 Å². The molecule has 0 radical (unpaired) electrons. The normalized spacial score (nSPS) is 9.26. The van der Waals surface area contributed by atoms with Crippen molar-refractivity contribution in [1.29, 1.82) is 0 Å². The van der Waals surface area contributed by atoms with Crippen LogP contribution in [0.4, 0.5) is 0 Å². The molecule has 0 aliphatic heterocycles. The number of rotatable bonds is 15. The highest BCUT2D eigenvalue weighted by Crippen LogP contribution is 2.24. The number of ketones is 9. The third kappa shape index (κ3) is 29.1. The average molecular weight is 1060 g/mol. The predicted octanol–water partition coefficient (Wildman–Crippen LogP) is 14.5. The lowest BCUT2D eigenvalue weighted by Crippen LogP contribution is -2.03. The molecule has 412 valence electrons. The van der Waals surface area contributed by atoms with Crippen LogP contribution in [-0.2, 0) is 9.59 Å². The first kappa shape index (κ1) is 72.5. The zero-order valence-corrected chi connectivity index (χ0v) is 44.4. The highest BCUT2D eigenvalue weighted by atomic mass is 16.5. The fourth-order valence-electron chi connectivity index (χ4n) is 5.88. The topological polar surface area (TPSA) is 191 Å². The lowest BCUT2D eigenvalue weighted by molar-refractivity contribution is -0.124. The summed E-state index contributed by atoms with van der Waals surface area (Å²) in [5.74, 6) is 2.78. The van der Waals surface area contributed by atoms with E-state index in [9.17, 15) is 43.2 Å². The quantitative estimate of drug-likeness (QED) is 0.0537. The van der Waals surface area contributed by atoms with Gasteiger partial charge < -0.3 is 18.9 Å². The van der Waals surface area contributed by atoms with E-state index in [4.69, 9.17) is 18.9 Å². The summed E-state index contributed by atoms with van der Waals surface area (Å²) in [6, 6.07) is 41.2. The van der Waals surface area contributed by atoms with Gasteiger partial charge in [-0.3, -0.25) is 43.2 Å². The molecule has 0 bridgehead atoms. The summed E-state index contributed by atoms with van der Waals surface area (Å²) in [6.45, 7) is 13.1. The Kier molecular flexibility index (Phi) is 36.6. The molecule has 0 amide bonds. The van der Waals surface area contributed by atoms with E-state index in [1.807, 2.05) is 84.9 Å². The molecule has 0 saturated heterocycles. The van der Waals surface area contributed by atoms with Crippen molar-refractivity contribution >= 4 is 64.2 Å². The van der Waals surface area contributed by atoms with Gasteiger partial charge in [-0.15, -0.1) is 0 Å². The number of ether oxygens (including phenoxy) is 4. The molecule has 0 aliphatic rings. The molecule has 13 heteroatoms. The third-order valence-electron chi connectivity index (χ3n) is 10.0. The lowest BCUT2D eigenvalue weighted by atomic mass is 10.00. The van der Waals surface area contributed by atoms with E-state index in [0.29, 0.717) is 33.4 Å². The Hall–Kier alpha value is -8.71. The highest BCUT2D eigenvalue weighted by molar-refractivity contribution is 6.04. The van der Waals surface area contributed by atoms with Crippen molar-refractivity contribution in [2.24, 2.45) is 0 Å². The summed E-state index contributed by atoms with van der Waals surface area (Å²) in [5.41, 5.74) is 6.10. The summed E-state index contributed by atoms with van der Waals surface area (Å²) < 4.78 is 20.1. The maximum atomic E-state index is 11.2. The summed E-state index contributed by atoms with van der Waals surface area (Å²) in [6.07, 6.45) is 4.13. The second-order valence-electron chi connectivity index (χ2n) is 16.2. The zero-order chi connectivity index (χ0) is 55.9. The van der Waals surface area contributed by atoms with E-state index in [1.165, 1.54) is 66.7 Å². The Morgan fingerprint density at radius 3 is 0.740 bits per heavy atom. The Morgan fingerprint density at radius 2 is 0.532 bits per heavy atom. The van der Waals surface area contributed by atoms with E-state index in [0.717, 1.165) is 39.7 Å². The van der Waals surface area contributed by atoms with Crippen LogP contribution < -0.4 is 18.9 Å². The second kappa shape index (κ2) is 38.8. The minimum Gasteiger partial charge on any atom is -0.497 e. The minimum atomic E-state index is -0.152. The monoisotopic (exact) mass is 1050 g/mol. The number of benzene rings is 6. The van der Waals surface area contributed by atoms with Gasteiger partial charge in [0.05, 0.1) is 34.9 Å². The average Bonchev–Trinajstić information content (AvgIpc) is 3.38. The number of Topliss-reactive ketones (excluding diaryl/α,β-unsaturated/α-hetero) is 9. The van der Waals surface area contributed by atoms with Crippen LogP contribution in [0.2, 0.25) is 0 Å². The Bertz CT molecular complexity index is 2710. The minimum absolute atomic E-state index is 0. The number of carbonyl (C=O) groups is 9. The van der Waals surface area contributed by atoms with Gasteiger partial charge in [0.1, 0.15) is 23.1 Å². The SMILES string of the molecule is C.C.C.CC(=O)CC(C)=O.CC(=O)c1cc(C(C)=O)cc(C(C)=O)c1.CC(=O)c1ccc(C(C)=O)cc1.COc1ccc(C(C)=O)cc1.COc1ccc(C=Cc2ccc(C(C)=O)cc2)cc1.COc1ccccc1OC. The van der Waals surface area contributed by atoms with Gasteiger partial charge in [-0.25, -0.2) is 0 Å². The molecule has 13 nitrogen and oxygen atoms in total. The van der Waals surface area contributed by atoms with Gasteiger partial charge in [-0.1, -0.05) is 107 Å². The van der Waals surface area contributed by atoms with Crippen LogP contribution >= 0.6 is 0 Å². The van der Waals surface area contributed by atoms with Crippen molar-refractivity contribution in [3.05, 3.63) is 190 Å². The van der Waals surface area contributed by atoms with Crippen molar-refractivity contribution < 1.29 is 62.1 Å². The predicted molar refractivity (Wildman–Crippen MR) is 310 cm³/mol. The molecule has 0 heterocycles. The second-order valence-corrected chi connectivity index (χ2v) is 16.2. The number of methoxy groups -OCH3 is 4. The van der Waals surface area contributed by atoms with Crippen LogP contribution in [0, 0.1) is 0 Å². The molecule has 0 saturated carbocycles. The molecule has 0 aromatic heterocycles. The molecule has 0 unspecified atom stereocenters. The van der Waals surface area contributed by atoms with Crippen molar-refractivity contribution in [2.75, 3.05) is 28.4 Å². The summed E-state index contributed by atoms with van der Waals surface area (Å²) in [7, 11) is 6.50. The van der Waals surface area contributed by atoms with Crippen molar-refractivity contribution in [3.63, 3.8) is 0 Å². The van der Waals surface area contributed by atoms with Crippen molar-refractivity contribution in [3.8, 4) is 23.0 Å². The molecule has 0 atom stereocenters. The Labute approximate surface area is 456 Å². The molecule has 6 rings (SSSR count). The maximum absolute atomic E-state index is 11.2. The van der Waals surface area contributed by atoms with E-state index in [-0.39, 0.29) is 80.7 Å². The highest BCUT2D eigenvalue weighted by Gasteiger charge is 2.10. The first-order valence-electron chi connectivity index (χ1n) is 23.0. The first-order chi connectivity index (χ1) is 35.0.